The lowest BCUT2D eigenvalue weighted by atomic mass is 10.2. The van der Waals surface area contributed by atoms with Crippen LogP contribution < -0.4 is 0 Å². The summed E-state index contributed by atoms with van der Waals surface area (Å²) in [4.78, 5) is 11.5. The van der Waals surface area contributed by atoms with Gasteiger partial charge in [-0.05, 0) is 26.0 Å². The van der Waals surface area contributed by atoms with Crippen LogP contribution in [0.5, 0.6) is 0 Å². The molecule has 4 rings (SSSR count). The SMILES string of the molecule is Cc1nc(C)n(C[C@H]2CN(Cc3nc4ccccc4s3)CCO2)n1. The average Bonchev–Trinajstić information content (AvgIpc) is 3.10. The molecule has 0 radical (unpaired) electrons. The highest BCUT2D eigenvalue weighted by Crippen LogP contribution is 2.23. The Labute approximate surface area is 145 Å². The minimum atomic E-state index is 0.146. The number of benzene rings is 1. The summed E-state index contributed by atoms with van der Waals surface area (Å²) < 4.78 is 9.13. The third-order valence-corrected chi connectivity index (χ3v) is 5.28. The number of rotatable bonds is 4. The summed E-state index contributed by atoms with van der Waals surface area (Å²) in [5.41, 5.74) is 1.09. The number of thiazole rings is 1. The summed E-state index contributed by atoms with van der Waals surface area (Å²) in [6.07, 6.45) is 0.146. The zero-order chi connectivity index (χ0) is 16.5. The fourth-order valence-corrected chi connectivity index (χ4v) is 4.15. The molecule has 1 fully saturated rings. The molecule has 24 heavy (non-hydrogen) atoms. The van der Waals surface area contributed by atoms with Crippen LogP contribution in [0.1, 0.15) is 16.7 Å². The second-order valence-electron chi connectivity index (χ2n) is 6.19. The van der Waals surface area contributed by atoms with E-state index in [4.69, 9.17) is 9.72 Å². The first kappa shape index (κ1) is 15.7. The van der Waals surface area contributed by atoms with Gasteiger partial charge < -0.3 is 4.74 Å². The minimum Gasteiger partial charge on any atom is -0.374 e. The van der Waals surface area contributed by atoms with Crippen molar-refractivity contribution in [2.75, 3.05) is 19.7 Å². The molecular formula is C17H21N5OS. The van der Waals surface area contributed by atoms with Gasteiger partial charge in [0.25, 0.3) is 0 Å². The zero-order valence-corrected chi connectivity index (χ0v) is 14.8. The van der Waals surface area contributed by atoms with Crippen molar-refractivity contribution >= 4 is 21.6 Å². The maximum absolute atomic E-state index is 5.93. The molecule has 0 bridgehead atoms. The Kier molecular flexibility index (Phi) is 4.30. The highest BCUT2D eigenvalue weighted by Gasteiger charge is 2.23. The van der Waals surface area contributed by atoms with Crippen molar-refractivity contribution in [3.05, 3.63) is 40.9 Å². The van der Waals surface area contributed by atoms with Crippen molar-refractivity contribution in [1.82, 2.24) is 24.6 Å². The Balaban J connectivity index is 1.42. The van der Waals surface area contributed by atoms with Crippen molar-refractivity contribution in [2.24, 2.45) is 0 Å². The number of para-hydroxylation sites is 1. The Hall–Kier alpha value is -1.83. The van der Waals surface area contributed by atoms with Gasteiger partial charge in [0.2, 0.25) is 0 Å². The molecule has 7 heteroatoms. The summed E-state index contributed by atoms with van der Waals surface area (Å²) in [7, 11) is 0. The summed E-state index contributed by atoms with van der Waals surface area (Å²) in [5, 5.41) is 5.61. The van der Waals surface area contributed by atoms with Gasteiger partial charge in [-0.15, -0.1) is 11.3 Å². The second kappa shape index (κ2) is 6.58. The van der Waals surface area contributed by atoms with E-state index in [1.54, 1.807) is 11.3 Å². The van der Waals surface area contributed by atoms with Gasteiger partial charge in [0.05, 0.1) is 36.0 Å². The molecule has 1 aliphatic rings. The number of morpholine rings is 1. The van der Waals surface area contributed by atoms with Gasteiger partial charge in [0.1, 0.15) is 16.7 Å². The third-order valence-electron chi connectivity index (χ3n) is 4.26. The number of nitrogens with zero attached hydrogens (tertiary/aromatic N) is 5. The van der Waals surface area contributed by atoms with Gasteiger partial charge in [-0.1, -0.05) is 12.1 Å². The fraction of sp³-hybridized carbons (Fsp3) is 0.471. The molecule has 3 heterocycles. The van der Waals surface area contributed by atoms with E-state index in [0.29, 0.717) is 0 Å². The highest BCUT2D eigenvalue weighted by atomic mass is 32.1. The first-order valence-electron chi connectivity index (χ1n) is 8.24. The molecule has 1 atom stereocenters. The zero-order valence-electron chi connectivity index (χ0n) is 14.0. The molecule has 0 amide bonds. The van der Waals surface area contributed by atoms with E-state index in [0.717, 1.165) is 50.0 Å². The van der Waals surface area contributed by atoms with Gasteiger partial charge in [0.15, 0.2) is 0 Å². The van der Waals surface area contributed by atoms with E-state index in [1.165, 1.54) is 9.71 Å². The Morgan fingerprint density at radius 2 is 2.12 bits per heavy atom. The van der Waals surface area contributed by atoms with Crippen molar-refractivity contribution in [3.63, 3.8) is 0 Å². The predicted molar refractivity (Wildman–Crippen MR) is 94.1 cm³/mol. The van der Waals surface area contributed by atoms with Crippen LogP contribution in [0.3, 0.4) is 0 Å². The smallest absolute Gasteiger partial charge is 0.147 e. The topological polar surface area (TPSA) is 56.1 Å². The van der Waals surface area contributed by atoms with E-state index in [2.05, 4.69) is 33.2 Å². The lowest BCUT2D eigenvalue weighted by Crippen LogP contribution is -2.43. The van der Waals surface area contributed by atoms with Crippen LogP contribution in [0.2, 0.25) is 0 Å². The molecule has 1 saturated heterocycles. The van der Waals surface area contributed by atoms with Gasteiger partial charge in [-0.2, -0.15) is 5.10 Å². The summed E-state index contributed by atoms with van der Waals surface area (Å²) in [5.74, 6) is 1.76. The number of aryl methyl sites for hydroxylation is 2. The lowest BCUT2D eigenvalue weighted by Gasteiger charge is -2.32. The van der Waals surface area contributed by atoms with Crippen LogP contribution in [0, 0.1) is 13.8 Å². The van der Waals surface area contributed by atoms with Crippen LogP contribution >= 0.6 is 11.3 Å². The van der Waals surface area contributed by atoms with Crippen molar-refractivity contribution in [1.29, 1.82) is 0 Å². The van der Waals surface area contributed by atoms with E-state index in [-0.39, 0.29) is 6.10 Å². The van der Waals surface area contributed by atoms with Crippen LogP contribution in [-0.2, 0) is 17.8 Å². The molecular weight excluding hydrogens is 322 g/mol. The summed E-state index contributed by atoms with van der Waals surface area (Å²) >= 11 is 1.78. The van der Waals surface area contributed by atoms with E-state index in [1.807, 2.05) is 24.6 Å². The molecule has 3 aromatic rings. The normalized spacial score (nSPS) is 19.2. The molecule has 126 valence electrons. The van der Waals surface area contributed by atoms with Crippen molar-refractivity contribution in [3.8, 4) is 0 Å². The van der Waals surface area contributed by atoms with Gasteiger partial charge in [-0.3, -0.25) is 4.90 Å². The molecule has 6 nitrogen and oxygen atoms in total. The number of ether oxygens (including phenoxy) is 1. The molecule has 0 saturated carbocycles. The quantitative estimate of drug-likeness (QED) is 0.728. The fourth-order valence-electron chi connectivity index (χ4n) is 3.14. The third kappa shape index (κ3) is 3.33. The van der Waals surface area contributed by atoms with Crippen LogP contribution in [-0.4, -0.2) is 50.4 Å². The van der Waals surface area contributed by atoms with Gasteiger partial charge >= 0.3 is 0 Å². The van der Waals surface area contributed by atoms with E-state index >= 15 is 0 Å². The Bertz CT molecular complexity index is 809. The first-order valence-corrected chi connectivity index (χ1v) is 9.05. The standard InChI is InChI=1S/C17H21N5OS/c1-12-18-13(2)22(20-12)10-14-9-21(7-8-23-14)11-17-19-15-5-3-4-6-16(15)24-17/h3-6,14H,7-11H2,1-2H3/t14-/m1/s1. The molecule has 0 N–H and O–H groups in total. The summed E-state index contributed by atoms with van der Waals surface area (Å²) in [6.45, 7) is 8.14. The minimum absolute atomic E-state index is 0.146. The number of hydrogen-bond donors (Lipinski definition) is 0. The van der Waals surface area contributed by atoms with Gasteiger partial charge in [0, 0.05) is 13.1 Å². The average molecular weight is 343 g/mol. The number of fused-ring (bicyclic) bond motifs is 1. The van der Waals surface area contributed by atoms with E-state index < -0.39 is 0 Å². The Morgan fingerprint density at radius 1 is 1.25 bits per heavy atom. The van der Waals surface area contributed by atoms with Crippen LogP contribution in [0.15, 0.2) is 24.3 Å². The maximum Gasteiger partial charge on any atom is 0.147 e. The molecule has 1 aromatic carbocycles. The predicted octanol–water partition coefficient (Wildman–Crippen LogP) is 2.41. The van der Waals surface area contributed by atoms with Crippen LogP contribution in [0.4, 0.5) is 0 Å². The monoisotopic (exact) mass is 343 g/mol. The molecule has 2 aromatic heterocycles. The molecule has 0 unspecified atom stereocenters. The largest absolute Gasteiger partial charge is 0.374 e. The Morgan fingerprint density at radius 3 is 2.92 bits per heavy atom. The molecule has 1 aliphatic heterocycles. The van der Waals surface area contributed by atoms with Crippen molar-refractivity contribution < 1.29 is 4.74 Å². The number of hydrogen-bond acceptors (Lipinski definition) is 6. The summed E-state index contributed by atoms with van der Waals surface area (Å²) in [6, 6.07) is 8.32. The maximum atomic E-state index is 5.93. The van der Waals surface area contributed by atoms with Gasteiger partial charge in [-0.25, -0.2) is 14.6 Å². The lowest BCUT2D eigenvalue weighted by molar-refractivity contribution is -0.0405. The van der Waals surface area contributed by atoms with Crippen LogP contribution in [0.25, 0.3) is 10.2 Å². The molecule has 0 aliphatic carbocycles. The second-order valence-corrected chi connectivity index (χ2v) is 7.31. The number of aromatic nitrogens is 4. The molecule has 0 spiro atoms. The first-order chi connectivity index (χ1) is 11.7. The van der Waals surface area contributed by atoms with E-state index in [9.17, 15) is 0 Å². The highest BCUT2D eigenvalue weighted by molar-refractivity contribution is 7.18. The van der Waals surface area contributed by atoms with Crippen molar-refractivity contribution in [2.45, 2.75) is 33.0 Å².